The maximum Gasteiger partial charge on any atom is 0.261 e. The van der Waals surface area contributed by atoms with Gasteiger partial charge in [0.1, 0.15) is 11.7 Å². The topological polar surface area (TPSA) is 77.1 Å². The Morgan fingerprint density at radius 3 is 2.62 bits per heavy atom. The molecule has 0 aliphatic heterocycles. The van der Waals surface area contributed by atoms with Gasteiger partial charge in [0.25, 0.3) is 5.91 Å². The third-order valence-electron chi connectivity index (χ3n) is 3.83. The van der Waals surface area contributed by atoms with Crippen molar-refractivity contribution in [3.8, 4) is 5.69 Å². The number of nitrogens with one attached hydrogen (secondary N) is 1. The molecule has 0 radical (unpaired) electrons. The lowest BCUT2D eigenvalue weighted by Gasteiger charge is -2.03. The summed E-state index contributed by atoms with van der Waals surface area (Å²) < 4.78 is 3.27. The minimum Gasteiger partial charge on any atom is -0.271 e. The number of hydrogen-bond donors (Lipinski definition) is 1. The van der Waals surface area contributed by atoms with Crippen LogP contribution in [0.5, 0.6) is 0 Å². The van der Waals surface area contributed by atoms with Crippen molar-refractivity contribution in [2.75, 3.05) is 0 Å². The van der Waals surface area contributed by atoms with Crippen LogP contribution in [0.3, 0.4) is 0 Å². The molecule has 26 heavy (non-hydrogen) atoms. The number of carbonyl (C=O) groups excluding carboxylic acids is 1. The van der Waals surface area contributed by atoms with Crippen LogP contribution in [0.4, 0.5) is 0 Å². The van der Waals surface area contributed by atoms with Crippen LogP contribution < -0.4 is 5.43 Å². The van der Waals surface area contributed by atoms with Crippen LogP contribution in [0, 0.1) is 20.8 Å². The molecule has 3 rings (SSSR count). The highest BCUT2D eigenvalue weighted by Crippen LogP contribution is 2.21. The van der Waals surface area contributed by atoms with E-state index in [1.165, 1.54) is 6.21 Å². The number of aromatic nitrogens is 4. The van der Waals surface area contributed by atoms with Crippen LogP contribution in [0.2, 0.25) is 5.15 Å². The summed E-state index contributed by atoms with van der Waals surface area (Å²) in [5, 5.41) is 13.1. The third-order valence-corrected chi connectivity index (χ3v) is 4.19. The van der Waals surface area contributed by atoms with Crippen LogP contribution in [0.25, 0.3) is 5.69 Å². The number of halogens is 1. The standard InChI is InChI=1S/C18H19ClN6O/c1-12-9-13(2)24(22-12)11-17(26)21-20-10-16-14(3)23-25(18(16)19)15-7-5-4-6-8-15/h4-10H,11H2,1-3H3,(H,21,26)/b20-10+. The van der Waals surface area contributed by atoms with E-state index in [4.69, 9.17) is 11.6 Å². The summed E-state index contributed by atoms with van der Waals surface area (Å²) in [4.78, 5) is 12.0. The normalized spacial score (nSPS) is 11.2. The quantitative estimate of drug-likeness (QED) is 0.554. The molecule has 0 spiro atoms. The summed E-state index contributed by atoms with van der Waals surface area (Å²) in [5.74, 6) is -0.267. The molecule has 2 heterocycles. The SMILES string of the molecule is Cc1cc(C)n(CC(=O)N/N=C/c2c(C)nn(-c3ccccc3)c2Cl)n1. The van der Waals surface area contributed by atoms with Gasteiger partial charge in [-0.15, -0.1) is 0 Å². The van der Waals surface area contributed by atoms with E-state index in [0.717, 1.165) is 22.8 Å². The predicted molar refractivity (Wildman–Crippen MR) is 101 cm³/mol. The van der Waals surface area contributed by atoms with E-state index in [9.17, 15) is 4.79 Å². The molecule has 0 atom stereocenters. The predicted octanol–water partition coefficient (Wildman–Crippen LogP) is 2.80. The Labute approximate surface area is 156 Å². The molecule has 3 aromatic rings. The first-order valence-corrected chi connectivity index (χ1v) is 8.47. The van der Waals surface area contributed by atoms with Crippen molar-refractivity contribution in [2.24, 2.45) is 5.10 Å². The molecule has 0 unspecified atom stereocenters. The second-order valence-electron chi connectivity index (χ2n) is 5.92. The molecule has 0 saturated carbocycles. The molecule has 1 aromatic carbocycles. The van der Waals surface area contributed by atoms with Gasteiger partial charge < -0.3 is 0 Å². The fourth-order valence-corrected chi connectivity index (χ4v) is 2.89. The van der Waals surface area contributed by atoms with Gasteiger partial charge in [-0.05, 0) is 39.0 Å². The van der Waals surface area contributed by atoms with Crippen LogP contribution in [-0.4, -0.2) is 31.7 Å². The first kappa shape index (κ1) is 17.9. The van der Waals surface area contributed by atoms with Gasteiger partial charge in [-0.1, -0.05) is 29.8 Å². The highest BCUT2D eigenvalue weighted by Gasteiger charge is 2.13. The molecule has 134 valence electrons. The molecule has 0 bridgehead atoms. The molecule has 0 saturated heterocycles. The van der Waals surface area contributed by atoms with E-state index in [1.54, 1.807) is 9.36 Å². The van der Waals surface area contributed by atoms with Crippen LogP contribution >= 0.6 is 11.6 Å². The lowest BCUT2D eigenvalue weighted by Crippen LogP contribution is -2.24. The van der Waals surface area contributed by atoms with E-state index < -0.39 is 0 Å². The van der Waals surface area contributed by atoms with Gasteiger partial charge >= 0.3 is 0 Å². The molecule has 0 aliphatic carbocycles. The summed E-state index contributed by atoms with van der Waals surface area (Å²) in [6.07, 6.45) is 1.50. The van der Waals surface area contributed by atoms with Crippen molar-refractivity contribution in [1.29, 1.82) is 0 Å². The van der Waals surface area contributed by atoms with Crippen LogP contribution in [0.1, 0.15) is 22.6 Å². The number of rotatable bonds is 5. The number of nitrogens with zero attached hydrogens (tertiary/aromatic N) is 5. The zero-order chi connectivity index (χ0) is 18.7. The van der Waals surface area contributed by atoms with Crippen molar-refractivity contribution in [2.45, 2.75) is 27.3 Å². The summed E-state index contributed by atoms with van der Waals surface area (Å²) >= 11 is 6.42. The van der Waals surface area contributed by atoms with E-state index in [-0.39, 0.29) is 12.5 Å². The first-order valence-electron chi connectivity index (χ1n) is 8.09. The van der Waals surface area contributed by atoms with Crippen LogP contribution in [0.15, 0.2) is 41.5 Å². The van der Waals surface area contributed by atoms with Gasteiger partial charge in [0.15, 0.2) is 0 Å². The van der Waals surface area contributed by atoms with Gasteiger partial charge in [0, 0.05) is 5.69 Å². The minimum absolute atomic E-state index is 0.104. The summed E-state index contributed by atoms with van der Waals surface area (Å²) in [6.45, 7) is 5.73. The maximum atomic E-state index is 12.0. The molecule has 0 fully saturated rings. The lowest BCUT2D eigenvalue weighted by atomic mass is 10.3. The highest BCUT2D eigenvalue weighted by molar-refractivity contribution is 6.32. The monoisotopic (exact) mass is 370 g/mol. The number of benzene rings is 1. The average molecular weight is 371 g/mol. The van der Waals surface area contributed by atoms with Crippen molar-refractivity contribution in [3.63, 3.8) is 0 Å². The third kappa shape index (κ3) is 3.83. The zero-order valence-corrected chi connectivity index (χ0v) is 15.5. The van der Waals surface area contributed by atoms with E-state index in [2.05, 4.69) is 20.7 Å². The van der Waals surface area contributed by atoms with Gasteiger partial charge in [0.05, 0.1) is 28.9 Å². The minimum atomic E-state index is -0.267. The number of carbonyl (C=O) groups is 1. The Morgan fingerprint density at radius 1 is 1.23 bits per heavy atom. The molecule has 8 heteroatoms. The van der Waals surface area contributed by atoms with Gasteiger partial charge in [-0.2, -0.15) is 15.3 Å². The average Bonchev–Trinajstić information content (AvgIpc) is 3.07. The number of hydrazone groups is 1. The van der Waals surface area contributed by atoms with E-state index >= 15 is 0 Å². The van der Waals surface area contributed by atoms with Crippen molar-refractivity contribution in [1.82, 2.24) is 25.0 Å². The molecule has 7 nitrogen and oxygen atoms in total. The Kier molecular flexibility index (Phi) is 5.18. The van der Waals surface area contributed by atoms with E-state index in [0.29, 0.717) is 10.7 Å². The Hall–Kier alpha value is -2.93. The first-order chi connectivity index (χ1) is 12.5. The van der Waals surface area contributed by atoms with Crippen molar-refractivity contribution < 1.29 is 4.79 Å². The number of amides is 1. The lowest BCUT2D eigenvalue weighted by molar-refractivity contribution is -0.121. The maximum absolute atomic E-state index is 12.0. The Bertz CT molecular complexity index is 958. The number of aryl methyl sites for hydroxylation is 3. The second-order valence-corrected chi connectivity index (χ2v) is 6.27. The van der Waals surface area contributed by atoms with E-state index in [1.807, 2.05) is 57.2 Å². The van der Waals surface area contributed by atoms with Crippen molar-refractivity contribution in [3.05, 3.63) is 64.2 Å². The molecule has 2 aromatic heterocycles. The smallest absolute Gasteiger partial charge is 0.261 e. The molecular formula is C18H19ClN6O. The zero-order valence-electron chi connectivity index (χ0n) is 14.8. The molecule has 0 aliphatic rings. The highest BCUT2D eigenvalue weighted by atomic mass is 35.5. The number of para-hydroxylation sites is 1. The molecular weight excluding hydrogens is 352 g/mol. The van der Waals surface area contributed by atoms with Gasteiger partial charge in [-0.25, -0.2) is 10.1 Å². The van der Waals surface area contributed by atoms with Crippen molar-refractivity contribution >= 4 is 23.7 Å². The number of hydrogen-bond acceptors (Lipinski definition) is 4. The molecule has 1 N–H and O–H groups in total. The van der Waals surface area contributed by atoms with Gasteiger partial charge in [-0.3, -0.25) is 9.48 Å². The summed E-state index contributed by atoms with van der Waals surface area (Å²) in [6, 6.07) is 11.5. The van der Waals surface area contributed by atoms with Gasteiger partial charge in [0.2, 0.25) is 0 Å². The second kappa shape index (κ2) is 7.53. The fourth-order valence-electron chi connectivity index (χ4n) is 2.57. The Balaban J connectivity index is 1.70. The fraction of sp³-hybridized carbons (Fsp3) is 0.222. The Morgan fingerprint density at radius 2 is 1.96 bits per heavy atom. The summed E-state index contributed by atoms with van der Waals surface area (Å²) in [5.41, 5.74) is 6.51. The molecule has 1 amide bonds. The largest absolute Gasteiger partial charge is 0.271 e. The van der Waals surface area contributed by atoms with Crippen LogP contribution in [-0.2, 0) is 11.3 Å². The summed E-state index contributed by atoms with van der Waals surface area (Å²) in [7, 11) is 0.